The van der Waals surface area contributed by atoms with E-state index in [2.05, 4.69) is 6.58 Å². The van der Waals surface area contributed by atoms with Crippen molar-refractivity contribution in [2.75, 3.05) is 6.54 Å². The fourth-order valence-corrected chi connectivity index (χ4v) is 4.64. The fourth-order valence-electron chi connectivity index (χ4n) is 4.64. The highest BCUT2D eigenvalue weighted by Gasteiger charge is 2.43. The van der Waals surface area contributed by atoms with Gasteiger partial charge in [0, 0.05) is 31.0 Å². The minimum Gasteiger partial charge on any atom is -0.437 e. The first kappa shape index (κ1) is 22.7. The van der Waals surface area contributed by atoms with Crippen molar-refractivity contribution in [1.82, 2.24) is 4.90 Å². The van der Waals surface area contributed by atoms with Crippen LogP contribution < -0.4 is 0 Å². The zero-order valence-electron chi connectivity index (χ0n) is 18.6. The Kier molecular flexibility index (Phi) is 6.59. The first-order valence-corrected chi connectivity index (χ1v) is 11.2. The molecule has 3 aromatic rings. The zero-order valence-corrected chi connectivity index (χ0v) is 18.6. The summed E-state index contributed by atoms with van der Waals surface area (Å²) in [7, 11) is 0. The van der Waals surface area contributed by atoms with Crippen LogP contribution in [-0.2, 0) is 10.3 Å². The number of halogens is 2. The van der Waals surface area contributed by atoms with E-state index in [0.717, 1.165) is 17.2 Å². The van der Waals surface area contributed by atoms with E-state index >= 15 is 0 Å². The standard InChI is InChI=1S/C28H27F2NO2/c1-3-16-28(22-8-6-5-7-9-22)17-18-31(27(32)33-28)26(4-2)21-12-10-20(11-13-21)24-15-14-23(29)19-25(24)30/h3,5-15,19,26H,1,4,16-18H2,2H3/t26-,28+/m0/s1. The molecule has 1 amide bonds. The Labute approximate surface area is 193 Å². The quantitative estimate of drug-likeness (QED) is 0.353. The maximum absolute atomic E-state index is 14.2. The molecule has 1 fully saturated rings. The first-order valence-electron chi connectivity index (χ1n) is 11.2. The van der Waals surface area contributed by atoms with Gasteiger partial charge < -0.3 is 9.64 Å². The smallest absolute Gasteiger partial charge is 0.411 e. The minimum atomic E-state index is -0.709. The summed E-state index contributed by atoms with van der Waals surface area (Å²) in [6.45, 7) is 6.43. The van der Waals surface area contributed by atoms with Crippen LogP contribution in [-0.4, -0.2) is 17.5 Å². The number of carbonyl (C=O) groups excluding carboxylic acids is 1. The number of ether oxygens (including phenoxy) is 1. The van der Waals surface area contributed by atoms with Crippen molar-refractivity contribution in [3.8, 4) is 11.1 Å². The lowest BCUT2D eigenvalue weighted by Gasteiger charge is -2.43. The van der Waals surface area contributed by atoms with Crippen molar-refractivity contribution in [1.29, 1.82) is 0 Å². The number of amides is 1. The lowest BCUT2D eigenvalue weighted by molar-refractivity contribution is -0.0607. The van der Waals surface area contributed by atoms with E-state index in [-0.39, 0.29) is 12.1 Å². The molecule has 1 aliphatic rings. The van der Waals surface area contributed by atoms with Gasteiger partial charge in [-0.1, -0.05) is 67.6 Å². The number of rotatable bonds is 7. The molecule has 0 unspecified atom stereocenters. The normalized spacial score (nSPS) is 19.1. The molecule has 5 heteroatoms. The van der Waals surface area contributed by atoms with Gasteiger partial charge in [0.25, 0.3) is 0 Å². The van der Waals surface area contributed by atoms with Crippen molar-refractivity contribution >= 4 is 6.09 Å². The third kappa shape index (κ3) is 4.54. The summed E-state index contributed by atoms with van der Waals surface area (Å²) < 4.78 is 33.5. The van der Waals surface area contributed by atoms with Gasteiger partial charge in [-0.2, -0.15) is 0 Å². The van der Waals surface area contributed by atoms with Crippen molar-refractivity contribution < 1.29 is 18.3 Å². The first-order chi connectivity index (χ1) is 16.0. The van der Waals surface area contributed by atoms with E-state index in [1.165, 1.54) is 12.1 Å². The van der Waals surface area contributed by atoms with E-state index in [1.807, 2.05) is 49.4 Å². The molecular weight excluding hydrogens is 420 g/mol. The Bertz CT molecular complexity index is 1130. The van der Waals surface area contributed by atoms with Crippen LogP contribution in [0.5, 0.6) is 0 Å². The number of carbonyl (C=O) groups is 1. The molecule has 1 saturated heterocycles. The molecule has 0 aliphatic carbocycles. The highest BCUT2D eigenvalue weighted by Crippen LogP contribution is 2.40. The molecule has 3 nitrogen and oxygen atoms in total. The zero-order chi connectivity index (χ0) is 23.4. The van der Waals surface area contributed by atoms with E-state index in [0.29, 0.717) is 36.9 Å². The summed E-state index contributed by atoms with van der Waals surface area (Å²) in [6.07, 6.45) is 3.35. The molecule has 170 valence electrons. The molecule has 0 N–H and O–H groups in total. The Morgan fingerprint density at radius 2 is 1.82 bits per heavy atom. The lowest BCUT2D eigenvalue weighted by Crippen LogP contribution is -2.49. The monoisotopic (exact) mass is 447 g/mol. The third-order valence-electron chi connectivity index (χ3n) is 6.35. The van der Waals surface area contributed by atoms with Crippen LogP contribution >= 0.6 is 0 Å². The number of hydrogen-bond acceptors (Lipinski definition) is 2. The summed E-state index contributed by atoms with van der Waals surface area (Å²) in [4.78, 5) is 14.9. The molecule has 1 heterocycles. The molecule has 0 saturated carbocycles. The molecule has 33 heavy (non-hydrogen) atoms. The Morgan fingerprint density at radius 1 is 1.09 bits per heavy atom. The highest BCUT2D eigenvalue weighted by atomic mass is 19.1. The average molecular weight is 448 g/mol. The Hall–Kier alpha value is -3.47. The van der Waals surface area contributed by atoms with Gasteiger partial charge in [-0.05, 0) is 35.2 Å². The van der Waals surface area contributed by atoms with Gasteiger partial charge in [-0.3, -0.25) is 0 Å². The van der Waals surface area contributed by atoms with Crippen LogP contribution in [0.15, 0.2) is 85.5 Å². The van der Waals surface area contributed by atoms with Gasteiger partial charge in [0.05, 0.1) is 6.04 Å². The lowest BCUT2D eigenvalue weighted by atomic mass is 9.85. The number of hydrogen-bond donors (Lipinski definition) is 0. The molecule has 3 aromatic carbocycles. The van der Waals surface area contributed by atoms with Crippen molar-refractivity contribution in [3.05, 3.63) is 108 Å². The Morgan fingerprint density at radius 3 is 2.42 bits per heavy atom. The fraction of sp³-hybridized carbons (Fsp3) is 0.250. The molecule has 1 aliphatic heterocycles. The summed E-state index contributed by atoms with van der Waals surface area (Å²) in [6, 6.07) is 20.6. The molecule has 4 rings (SSSR count). The van der Waals surface area contributed by atoms with Crippen LogP contribution in [0.3, 0.4) is 0 Å². The van der Waals surface area contributed by atoms with Gasteiger partial charge in [-0.15, -0.1) is 6.58 Å². The maximum atomic E-state index is 14.2. The highest BCUT2D eigenvalue weighted by molar-refractivity contribution is 5.70. The molecule has 2 atom stereocenters. The van der Waals surface area contributed by atoms with Gasteiger partial charge in [-0.25, -0.2) is 13.6 Å². The molecule has 0 spiro atoms. The van der Waals surface area contributed by atoms with E-state index in [9.17, 15) is 13.6 Å². The molecule has 0 aromatic heterocycles. The SMILES string of the molecule is C=CC[C@]1(c2ccccc2)CCN([C@@H](CC)c2ccc(-c3ccc(F)cc3F)cc2)C(=O)O1. The largest absolute Gasteiger partial charge is 0.437 e. The maximum Gasteiger partial charge on any atom is 0.411 e. The van der Waals surface area contributed by atoms with E-state index < -0.39 is 17.2 Å². The van der Waals surface area contributed by atoms with E-state index in [4.69, 9.17) is 4.74 Å². The molecular formula is C28H27F2NO2. The van der Waals surface area contributed by atoms with Crippen LogP contribution in [0.25, 0.3) is 11.1 Å². The predicted molar refractivity (Wildman–Crippen MR) is 126 cm³/mol. The number of nitrogens with zero attached hydrogens (tertiary/aromatic N) is 1. The second kappa shape index (κ2) is 9.57. The number of cyclic esters (lactones) is 1. The van der Waals surface area contributed by atoms with Crippen molar-refractivity contribution in [3.63, 3.8) is 0 Å². The van der Waals surface area contributed by atoms with Crippen molar-refractivity contribution in [2.24, 2.45) is 0 Å². The van der Waals surface area contributed by atoms with E-state index in [1.54, 1.807) is 23.1 Å². The Balaban J connectivity index is 1.56. The van der Waals surface area contributed by atoms with Crippen LogP contribution in [0.2, 0.25) is 0 Å². The topological polar surface area (TPSA) is 29.5 Å². The van der Waals surface area contributed by atoms with Crippen LogP contribution in [0.1, 0.15) is 43.4 Å². The predicted octanol–water partition coefficient (Wildman–Crippen LogP) is 7.40. The molecule has 0 bridgehead atoms. The number of benzene rings is 3. The van der Waals surface area contributed by atoms with Gasteiger partial charge >= 0.3 is 6.09 Å². The van der Waals surface area contributed by atoms with Gasteiger partial charge in [0.1, 0.15) is 17.2 Å². The third-order valence-corrected chi connectivity index (χ3v) is 6.35. The second-order valence-corrected chi connectivity index (χ2v) is 8.33. The minimum absolute atomic E-state index is 0.165. The van der Waals surface area contributed by atoms with Crippen molar-refractivity contribution in [2.45, 2.75) is 37.8 Å². The second-order valence-electron chi connectivity index (χ2n) is 8.33. The van der Waals surface area contributed by atoms with Gasteiger partial charge in [0.15, 0.2) is 0 Å². The van der Waals surface area contributed by atoms with Gasteiger partial charge in [0.2, 0.25) is 0 Å². The summed E-state index contributed by atoms with van der Waals surface area (Å²) in [5.41, 5.74) is 2.19. The van der Waals surface area contributed by atoms with Crippen LogP contribution in [0.4, 0.5) is 13.6 Å². The summed E-state index contributed by atoms with van der Waals surface area (Å²) in [5.74, 6) is -1.21. The average Bonchev–Trinajstić information content (AvgIpc) is 2.82. The summed E-state index contributed by atoms with van der Waals surface area (Å²) in [5, 5.41) is 0. The summed E-state index contributed by atoms with van der Waals surface area (Å²) >= 11 is 0. The molecule has 0 radical (unpaired) electrons. The van der Waals surface area contributed by atoms with Crippen LogP contribution in [0, 0.1) is 11.6 Å².